The largest absolute Gasteiger partial charge is 0.497 e. The summed E-state index contributed by atoms with van der Waals surface area (Å²) in [6.45, 7) is 4.37. The summed E-state index contributed by atoms with van der Waals surface area (Å²) in [7, 11) is -1.64. The van der Waals surface area contributed by atoms with E-state index < -0.39 is 100 Å². The quantitative estimate of drug-likeness (QED) is 0.0542. The van der Waals surface area contributed by atoms with Gasteiger partial charge in [0.1, 0.15) is 35.6 Å². The van der Waals surface area contributed by atoms with Crippen molar-refractivity contribution in [2.45, 2.75) is 75.9 Å². The number of imidazole rings is 2. The molecule has 0 aliphatic carbocycles. The van der Waals surface area contributed by atoms with Crippen molar-refractivity contribution in [3.63, 3.8) is 0 Å². The van der Waals surface area contributed by atoms with Crippen LogP contribution in [0.2, 0.25) is 0 Å². The van der Waals surface area contributed by atoms with E-state index in [1.807, 2.05) is 54.6 Å². The number of hydrogen-bond donors (Lipinski definition) is 3. The minimum atomic E-state index is -4.72. The van der Waals surface area contributed by atoms with Crippen LogP contribution >= 0.6 is 0 Å². The molecule has 0 bridgehead atoms. The van der Waals surface area contributed by atoms with Crippen LogP contribution in [0.3, 0.4) is 0 Å². The van der Waals surface area contributed by atoms with Gasteiger partial charge in [-0.25, -0.2) is 28.7 Å². The average Bonchev–Trinajstić information content (AvgIpc) is 4.35. The molecule has 8 aromatic rings. The minimum absolute atomic E-state index is 0.0232. The third-order valence-corrected chi connectivity index (χ3v) is 15.1. The highest BCUT2D eigenvalue weighted by atomic mass is 32.2. The number of nitrogens with zero attached hydrogens (tertiary/aromatic N) is 7. The first-order valence-electron chi connectivity index (χ1n) is 24.9. The number of methoxy groups -OCH3 is 2. The summed E-state index contributed by atoms with van der Waals surface area (Å²) in [5.74, 6) is -2.04. The van der Waals surface area contributed by atoms with Gasteiger partial charge in [0.15, 0.2) is 52.9 Å². The van der Waals surface area contributed by atoms with E-state index in [9.17, 15) is 22.8 Å². The van der Waals surface area contributed by atoms with Crippen LogP contribution in [0.25, 0.3) is 22.3 Å². The number of halogens is 2. The van der Waals surface area contributed by atoms with Gasteiger partial charge in [-0.3, -0.25) is 38.0 Å². The van der Waals surface area contributed by atoms with E-state index in [2.05, 4.69) is 40.5 Å². The standard InChI is InChI=1S/C54H54F2N10O11S/c1-30(2)48(67)63-53-62-47-43(50(69)64-53)60-29-66(47)51-40(55)31(3)38(75-51)24-25-78(70,71)77-44-39(76-52(41(44)56)65-28-59-42-45(57-27-58-46(42)65)61-49(68)32-12-8-6-9-13-32)26-74-54(33-14-10-7-11-15-33,34-16-20-36(72-4)21-17-34)35-18-22-37(73-5)23-19-35/h6-23,27-31,38-41,44,51-52H,24-26H2,1-5H3,(H,57,58,61,68)(H2,62,63,64,67,69)/t31-,38-,39-,40-,41-,44-,51-,52-/m1/s1. The molecule has 4 aromatic carbocycles. The first-order valence-corrected chi connectivity index (χ1v) is 26.5. The fraction of sp³-hybridized carbons (Fsp3) is 0.333. The summed E-state index contributed by atoms with van der Waals surface area (Å²) in [4.78, 5) is 62.5. The summed E-state index contributed by atoms with van der Waals surface area (Å²) >= 11 is 0. The molecule has 2 aliphatic rings. The number of carbonyl (C=O) groups excluding carboxylic acids is 2. The summed E-state index contributed by atoms with van der Waals surface area (Å²) in [6, 6.07) is 32.0. The van der Waals surface area contributed by atoms with Crippen molar-refractivity contribution in [3.05, 3.63) is 161 Å². The molecule has 78 heavy (non-hydrogen) atoms. The summed E-state index contributed by atoms with van der Waals surface area (Å²) in [5, 5.41) is 5.25. The Labute approximate surface area is 445 Å². The van der Waals surface area contributed by atoms with Crippen molar-refractivity contribution >= 4 is 56.0 Å². The number of aromatic nitrogens is 8. The number of nitrogens with one attached hydrogen (secondary N) is 3. The van der Waals surface area contributed by atoms with Crippen LogP contribution in [-0.2, 0) is 38.9 Å². The van der Waals surface area contributed by atoms with E-state index in [4.69, 9.17) is 27.9 Å². The van der Waals surface area contributed by atoms with Gasteiger partial charge >= 0.3 is 0 Å². The van der Waals surface area contributed by atoms with E-state index >= 15 is 8.78 Å². The van der Waals surface area contributed by atoms with Crippen molar-refractivity contribution in [2.75, 3.05) is 37.2 Å². The smallest absolute Gasteiger partial charge is 0.280 e. The number of benzene rings is 4. The Hall–Kier alpha value is -8.03. The zero-order valence-electron chi connectivity index (χ0n) is 42.7. The molecule has 406 valence electrons. The lowest BCUT2D eigenvalue weighted by Crippen LogP contribution is -2.41. The molecule has 0 spiro atoms. The fourth-order valence-electron chi connectivity index (χ4n) is 9.65. The summed E-state index contributed by atoms with van der Waals surface area (Å²) < 4.78 is 102. The van der Waals surface area contributed by atoms with Gasteiger partial charge in [0, 0.05) is 17.4 Å². The molecule has 2 saturated heterocycles. The Bertz CT molecular complexity index is 3560. The van der Waals surface area contributed by atoms with Crippen LogP contribution in [0.15, 0.2) is 133 Å². The van der Waals surface area contributed by atoms with E-state index in [-0.39, 0.29) is 40.5 Å². The van der Waals surface area contributed by atoms with E-state index in [0.29, 0.717) is 33.8 Å². The summed E-state index contributed by atoms with van der Waals surface area (Å²) in [5.41, 5.74) is 0.00890. The van der Waals surface area contributed by atoms with Crippen LogP contribution < -0.4 is 25.7 Å². The van der Waals surface area contributed by atoms with Gasteiger partial charge in [-0.05, 0) is 59.5 Å². The Kier molecular flexibility index (Phi) is 15.1. The molecule has 10 rings (SSSR count). The maximum Gasteiger partial charge on any atom is 0.280 e. The van der Waals surface area contributed by atoms with Gasteiger partial charge in [0.05, 0.1) is 45.3 Å². The van der Waals surface area contributed by atoms with Crippen molar-refractivity contribution in [2.24, 2.45) is 11.8 Å². The Morgan fingerprint density at radius 3 is 1.95 bits per heavy atom. The first kappa shape index (κ1) is 53.4. The number of hydrogen-bond acceptors (Lipinski definition) is 16. The van der Waals surface area contributed by atoms with Crippen LogP contribution in [0.1, 0.15) is 66.7 Å². The molecule has 6 heterocycles. The maximum absolute atomic E-state index is 17.7. The Morgan fingerprint density at radius 2 is 1.32 bits per heavy atom. The zero-order valence-corrected chi connectivity index (χ0v) is 43.5. The number of amides is 2. The van der Waals surface area contributed by atoms with Crippen molar-refractivity contribution in [1.82, 2.24) is 39.0 Å². The van der Waals surface area contributed by atoms with Gasteiger partial charge < -0.3 is 29.0 Å². The minimum Gasteiger partial charge on any atom is -0.497 e. The molecule has 3 N–H and O–H groups in total. The number of H-pyrrole nitrogens is 1. The molecular formula is C54H54F2N10O11S. The topological polar surface area (TPSA) is 255 Å². The molecule has 2 aliphatic heterocycles. The van der Waals surface area contributed by atoms with Crippen LogP contribution in [0.5, 0.6) is 11.5 Å². The highest BCUT2D eigenvalue weighted by molar-refractivity contribution is 7.86. The lowest BCUT2D eigenvalue weighted by atomic mass is 9.80. The second-order valence-electron chi connectivity index (χ2n) is 19.1. The fourth-order valence-corrected chi connectivity index (χ4v) is 10.8. The van der Waals surface area contributed by atoms with Crippen LogP contribution in [-0.4, -0.2) is 117 Å². The SMILES string of the molecule is COc1ccc(C(OC[C@H]2O[C@@H](n3cnc4c(NC(=O)c5ccccc5)ncnc43)[C@H](F)[C@@H]2OS(=O)(=O)CC[C@H]2O[C@@H](n3cnc4c(=O)[nH]c(NC(=O)C(C)C)nc43)[C@H](F)[C@@H]2C)(c2ccccc2)c2ccc(OC)cc2)cc1. The monoisotopic (exact) mass is 1090 g/mol. The number of ether oxygens (including phenoxy) is 5. The van der Waals surface area contributed by atoms with Gasteiger partial charge in [-0.1, -0.05) is 93.6 Å². The van der Waals surface area contributed by atoms with E-state index in [1.54, 1.807) is 89.6 Å². The van der Waals surface area contributed by atoms with Gasteiger partial charge in [-0.15, -0.1) is 0 Å². The molecule has 2 fully saturated rings. The van der Waals surface area contributed by atoms with Crippen molar-refractivity contribution in [3.8, 4) is 11.5 Å². The number of anilines is 2. The highest BCUT2D eigenvalue weighted by Crippen LogP contribution is 2.45. The number of rotatable bonds is 19. The van der Waals surface area contributed by atoms with E-state index in [1.165, 1.54) is 21.8 Å². The first-order chi connectivity index (χ1) is 37.6. The molecule has 0 saturated carbocycles. The molecule has 0 unspecified atom stereocenters. The zero-order chi connectivity index (χ0) is 54.9. The second kappa shape index (κ2) is 22.1. The Balaban J connectivity index is 0.961. The predicted molar refractivity (Wildman–Crippen MR) is 280 cm³/mol. The Morgan fingerprint density at radius 1 is 0.744 bits per heavy atom. The number of fused-ring (bicyclic) bond motifs is 2. The van der Waals surface area contributed by atoms with Crippen LogP contribution in [0.4, 0.5) is 20.5 Å². The second-order valence-corrected chi connectivity index (χ2v) is 20.8. The molecule has 2 amide bonds. The van der Waals surface area contributed by atoms with Crippen molar-refractivity contribution < 1.29 is 54.7 Å². The lowest BCUT2D eigenvalue weighted by Gasteiger charge is -2.37. The maximum atomic E-state index is 17.7. The van der Waals surface area contributed by atoms with Gasteiger partial charge in [-0.2, -0.15) is 13.4 Å². The molecule has 4 aromatic heterocycles. The van der Waals surface area contributed by atoms with E-state index in [0.717, 1.165) is 6.33 Å². The average molecular weight is 1090 g/mol. The third-order valence-electron chi connectivity index (χ3n) is 13.9. The molecule has 0 radical (unpaired) electrons. The van der Waals surface area contributed by atoms with Gasteiger partial charge in [0.25, 0.3) is 21.6 Å². The van der Waals surface area contributed by atoms with Gasteiger partial charge in [0.2, 0.25) is 11.9 Å². The third kappa shape index (κ3) is 10.4. The molecule has 8 atom stereocenters. The molecular weight excluding hydrogens is 1030 g/mol. The normalized spacial score (nSPS) is 21.5. The number of carbonyl (C=O) groups is 2. The molecule has 24 heteroatoms. The van der Waals surface area contributed by atoms with Crippen molar-refractivity contribution in [1.29, 1.82) is 0 Å². The van der Waals surface area contributed by atoms with Crippen LogP contribution in [0, 0.1) is 11.8 Å². The lowest BCUT2D eigenvalue weighted by molar-refractivity contribution is -0.118. The highest BCUT2D eigenvalue weighted by Gasteiger charge is 2.52. The summed E-state index contributed by atoms with van der Waals surface area (Å²) in [6.07, 6.45) is -8.09. The molecule has 21 nitrogen and oxygen atoms in total. The number of aromatic amines is 1. The number of alkyl halides is 2. The predicted octanol–water partition coefficient (Wildman–Crippen LogP) is 7.04.